The summed E-state index contributed by atoms with van der Waals surface area (Å²) in [7, 11) is 2.42. The molecule has 0 radical (unpaired) electrons. The Balaban J connectivity index is 2.07. The largest absolute Gasteiger partial charge is 0.468 e. The van der Waals surface area contributed by atoms with Crippen molar-refractivity contribution in [3.63, 3.8) is 0 Å². The van der Waals surface area contributed by atoms with Gasteiger partial charge in [-0.25, -0.2) is 0 Å². The molecule has 1 saturated carbocycles. The van der Waals surface area contributed by atoms with Gasteiger partial charge in [0.25, 0.3) is 5.91 Å². The van der Waals surface area contributed by atoms with Gasteiger partial charge in [-0.1, -0.05) is 42.5 Å². The lowest BCUT2D eigenvalue weighted by Crippen LogP contribution is -2.37. The summed E-state index contributed by atoms with van der Waals surface area (Å²) in [6.45, 7) is 0. The third-order valence-electron chi connectivity index (χ3n) is 4.72. The predicted molar refractivity (Wildman–Crippen MR) is 79.2 cm³/mol. The van der Waals surface area contributed by atoms with Gasteiger partial charge in [-0.3, -0.25) is 19.3 Å². The minimum atomic E-state index is -1.76. The molecule has 0 aromatic heterocycles. The lowest BCUT2D eigenvalue weighted by Gasteiger charge is -2.15. The summed E-state index contributed by atoms with van der Waals surface area (Å²) in [4.78, 5) is 38.0. The van der Waals surface area contributed by atoms with Gasteiger partial charge in [-0.2, -0.15) is 5.26 Å². The summed E-state index contributed by atoms with van der Waals surface area (Å²) >= 11 is 0. The van der Waals surface area contributed by atoms with Gasteiger partial charge in [0, 0.05) is 13.0 Å². The molecule has 2 fully saturated rings. The Morgan fingerprint density at radius 1 is 1.30 bits per heavy atom. The van der Waals surface area contributed by atoms with Gasteiger partial charge >= 0.3 is 5.97 Å². The minimum Gasteiger partial charge on any atom is -0.468 e. The van der Waals surface area contributed by atoms with Crippen molar-refractivity contribution < 1.29 is 19.1 Å². The van der Waals surface area contributed by atoms with Crippen LogP contribution in [0.4, 0.5) is 0 Å². The summed E-state index contributed by atoms with van der Waals surface area (Å²) in [5.74, 6) is -3.00. The Labute approximate surface area is 132 Å². The molecule has 1 saturated heterocycles. The number of allylic oxidation sites excluding steroid dienone is 1. The molecule has 0 bridgehead atoms. The number of imide groups is 1. The molecule has 3 rings (SSSR count). The van der Waals surface area contributed by atoms with Gasteiger partial charge in [0.15, 0.2) is 10.8 Å². The van der Waals surface area contributed by atoms with Crippen molar-refractivity contribution in [2.24, 2.45) is 16.7 Å². The van der Waals surface area contributed by atoms with E-state index in [0.29, 0.717) is 0 Å². The van der Waals surface area contributed by atoms with Crippen LogP contribution in [0.5, 0.6) is 0 Å². The van der Waals surface area contributed by atoms with Crippen LogP contribution < -0.4 is 0 Å². The van der Waals surface area contributed by atoms with E-state index >= 15 is 0 Å². The average molecular weight is 310 g/mol. The van der Waals surface area contributed by atoms with Crippen LogP contribution >= 0.6 is 0 Å². The molecule has 6 nitrogen and oxygen atoms in total. The van der Waals surface area contributed by atoms with Gasteiger partial charge in [0.2, 0.25) is 5.91 Å². The van der Waals surface area contributed by atoms with Gasteiger partial charge in [0.1, 0.15) is 0 Å². The number of methoxy groups -OCH3 is 1. The molecule has 3 atom stereocenters. The van der Waals surface area contributed by atoms with Crippen molar-refractivity contribution in [3.8, 4) is 6.07 Å². The highest BCUT2D eigenvalue weighted by atomic mass is 16.5. The van der Waals surface area contributed by atoms with Crippen LogP contribution in [0.15, 0.2) is 36.4 Å². The quantitative estimate of drug-likeness (QED) is 0.472. The maximum atomic E-state index is 12.5. The summed E-state index contributed by atoms with van der Waals surface area (Å²) in [5.41, 5.74) is -2.61. The van der Waals surface area contributed by atoms with E-state index in [1.54, 1.807) is 12.2 Å². The Morgan fingerprint density at radius 3 is 2.52 bits per heavy atom. The first-order valence-electron chi connectivity index (χ1n) is 7.04. The number of hydrogen-bond acceptors (Lipinski definition) is 5. The number of likely N-dealkylation sites (tertiary alicyclic amines) is 1. The molecular formula is C17H14N2O4. The molecule has 116 valence electrons. The highest BCUT2D eigenvalue weighted by Crippen LogP contribution is 2.74. The number of esters is 1. The summed E-state index contributed by atoms with van der Waals surface area (Å²) < 4.78 is 4.73. The number of nitriles is 1. The first kappa shape index (κ1) is 15.0. The Kier molecular flexibility index (Phi) is 3.11. The fraction of sp³-hybridized carbons (Fsp3) is 0.294. The first-order chi connectivity index (χ1) is 11.0. The van der Waals surface area contributed by atoms with Crippen molar-refractivity contribution in [2.75, 3.05) is 14.2 Å². The monoisotopic (exact) mass is 310 g/mol. The van der Waals surface area contributed by atoms with Crippen LogP contribution in [-0.2, 0) is 19.1 Å². The van der Waals surface area contributed by atoms with Gasteiger partial charge < -0.3 is 4.74 Å². The predicted octanol–water partition coefficient (Wildman–Crippen LogP) is 0.998. The van der Waals surface area contributed by atoms with Crippen LogP contribution in [-0.4, -0.2) is 36.8 Å². The van der Waals surface area contributed by atoms with E-state index in [9.17, 15) is 19.6 Å². The molecule has 1 aromatic rings. The van der Waals surface area contributed by atoms with Crippen LogP contribution in [0.1, 0.15) is 5.56 Å². The van der Waals surface area contributed by atoms with E-state index in [1.807, 2.05) is 36.4 Å². The van der Waals surface area contributed by atoms with Gasteiger partial charge in [-0.05, 0) is 5.56 Å². The molecule has 3 unspecified atom stereocenters. The van der Waals surface area contributed by atoms with Crippen molar-refractivity contribution >= 4 is 23.9 Å². The van der Waals surface area contributed by atoms with E-state index in [1.165, 1.54) is 7.05 Å². The number of piperidine rings is 1. The molecule has 1 aliphatic carbocycles. The number of fused-ring (bicyclic) bond motifs is 1. The maximum Gasteiger partial charge on any atom is 0.324 e. The molecule has 6 heteroatoms. The van der Waals surface area contributed by atoms with Crippen LogP contribution in [0.2, 0.25) is 0 Å². The molecule has 1 aliphatic heterocycles. The molecular weight excluding hydrogens is 296 g/mol. The zero-order valence-corrected chi connectivity index (χ0v) is 12.6. The number of benzene rings is 1. The highest BCUT2D eigenvalue weighted by Gasteiger charge is 2.94. The molecule has 0 spiro atoms. The Hall–Kier alpha value is -2.94. The van der Waals surface area contributed by atoms with Crippen molar-refractivity contribution in [1.82, 2.24) is 4.90 Å². The lowest BCUT2D eigenvalue weighted by atomic mass is 9.97. The zero-order valence-electron chi connectivity index (χ0n) is 12.6. The SMILES string of the molecule is COC(=O)C12C(=O)N(C)C(=O)C1(C#N)C2C=Cc1ccccc1. The van der Waals surface area contributed by atoms with Crippen LogP contribution in [0, 0.1) is 28.1 Å². The average Bonchev–Trinajstić information content (AvgIpc) is 3.16. The van der Waals surface area contributed by atoms with Gasteiger partial charge in [0.05, 0.1) is 13.2 Å². The number of rotatable bonds is 3. The fourth-order valence-corrected chi connectivity index (χ4v) is 3.53. The standard InChI is InChI=1S/C17H14N2O4/c1-19-13(20)16(10-18)12(9-8-11-6-4-3-5-7-11)17(16,14(19)21)15(22)23-2/h3-9,12H,1-2H3. The van der Waals surface area contributed by atoms with Crippen molar-refractivity contribution in [3.05, 3.63) is 42.0 Å². The molecule has 2 amide bonds. The molecule has 1 aromatic carbocycles. The Morgan fingerprint density at radius 2 is 1.96 bits per heavy atom. The summed E-state index contributed by atoms with van der Waals surface area (Å²) in [6.07, 6.45) is 3.28. The van der Waals surface area contributed by atoms with Crippen molar-refractivity contribution in [2.45, 2.75) is 0 Å². The highest BCUT2D eigenvalue weighted by molar-refractivity contribution is 6.26. The van der Waals surface area contributed by atoms with Gasteiger partial charge in [-0.15, -0.1) is 0 Å². The maximum absolute atomic E-state index is 12.5. The summed E-state index contributed by atoms with van der Waals surface area (Å²) in [6, 6.07) is 11.1. The van der Waals surface area contributed by atoms with Crippen LogP contribution in [0.3, 0.4) is 0 Å². The fourth-order valence-electron chi connectivity index (χ4n) is 3.53. The second kappa shape index (κ2) is 4.78. The number of carbonyl (C=O) groups excluding carboxylic acids is 3. The second-order valence-electron chi connectivity index (χ2n) is 5.64. The lowest BCUT2D eigenvalue weighted by molar-refractivity contribution is -0.154. The number of hydrogen-bond donors (Lipinski definition) is 0. The van der Waals surface area contributed by atoms with E-state index in [0.717, 1.165) is 17.6 Å². The van der Waals surface area contributed by atoms with E-state index in [-0.39, 0.29) is 0 Å². The summed E-state index contributed by atoms with van der Waals surface area (Å²) in [5, 5.41) is 9.56. The van der Waals surface area contributed by atoms with Crippen molar-refractivity contribution in [1.29, 1.82) is 5.26 Å². The zero-order chi connectivity index (χ0) is 16.8. The number of amides is 2. The normalized spacial score (nSPS) is 31.9. The topological polar surface area (TPSA) is 87.5 Å². The molecule has 23 heavy (non-hydrogen) atoms. The smallest absolute Gasteiger partial charge is 0.324 e. The number of ether oxygens (including phenoxy) is 1. The van der Waals surface area contributed by atoms with E-state index in [4.69, 9.17) is 4.74 Å². The minimum absolute atomic E-state index is 0.655. The third-order valence-corrected chi connectivity index (χ3v) is 4.72. The first-order valence-corrected chi connectivity index (χ1v) is 7.04. The van der Waals surface area contributed by atoms with E-state index < -0.39 is 34.5 Å². The number of nitrogens with zero attached hydrogens (tertiary/aromatic N) is 2. The molecule has 2 aliphatic rings. The number of carbonyl (C=O) groups is 3. The van der Waals surface area contributed by atoms with Crippen LogP contribution in [0.25, 0.3) is 6.08 Å². The third kappa shape index (κ3) is 1.54. The van der Waals surface area contributed by atoms with E-state index in [2.05, 4.69) is 0 Å². The second-order valence-corrected chi connectivity index (χ2v) is 5.64. The Bertz CT molecular complexity index is 780. The molecule has 0 N–H and O–H groups in total. The molecule has 1 heterocycles.